The van der Waals surface area contributed by atoms with Gasteiger partial charge in [-0.1, -0.05) is 0 Å². The predicted molar refractivity (Wildman–Crippen MR) is 80.8 cm³/mol. The van der Waals surface area contributed by atoms with E-state index in [1.807, 2.05) is 0 Å². The number of ether oxygens (including phenoxy) is 1. The minimum atomic E-state index is -4.53. The maximum atomic E-state index is 12.8. The number of hydrogen-bond donors (Lipinski definition) is 2. The highest BCUT2D eigenvalue weighted by Gasteiger charge is 2.36. The van der Waals surface area contributed by atoms with E-state index >= 15 is 0 Å². The largest absolute Gasteiger partial charge is 0.485 e. The first-order valence-corrected chi connectivity index (χ1v) is 7.89. The average Bonchev–Trinajstić information content (AvgIpc) is 3.22. The summed E-state index contributed by atoms with van der Waals surface area (Å²) in [4.78, 5) is 12.2. The van der Waals surface area contributed by atoms with Crippen LogP contribution in [0.1, 0.15) is 30.5 Å². The number of rotatable bonds is 5. The quantitative estimate of drug-likeness (QED) is 0.858. The molecule has 25 heavy (non-hydrogen) atoms. The molecule has 2 atom stereocenters. The van der Waals surface area contributed by atoms with Crippen molar-refractivity contribution in [2.24, 2.45) is 0 Å². The molecule has 2 N–H and O–H groups in total. The molecule has 2 heterocycles. The zero-order chi connectivity index (χ0) is 18.0. The summed E-state index contributed by atoms with van der Waals surface area (Å²) in [6, 6.07) is -0.193. The Hall–Kier alpha value is -2.52. The van der Waals surface area contributed by atoms with Crippen molar-refractivity contribution < 1.29 is 22.7 Å². The van der Waals surface area contributed by atoms with E-state index in [-0.39, 0.29) is 24.3 Å². The Morgan fingerprint density at radius 1 is 1.48 bits per heavy atom. The minimum absolute atomic E-state index is 0.0117. The number of aromatic nitrogens is 4. The Morgan fingerprint density at radius 3 is 2.92 bits per heavy atom. The number of nitrogens with zero attached hydrogens (tertiary/aromatic N) is 3. The lowest BCUT2D eigenvalue weighted by atomic mass is 10.2. The maximum Gasteiger partial charge on any atom is 0.435 e. The first-order valence-electron chi connectivity index (χ1n) is 7.89. The molecule has 3 rings (SSSR count). The van der Waals surface area contributed by atoms with E-state index < -0.39 is 17.8 Å². The van der Waals surface area contributed by atoms with E-state index in [4.69, 9.17) is 4.74 Å². The van der Waals surface area contributed by atoms with Crippen molar-refractivity contribution in [3.63, 3.8) is 0 Å². The van der Waals surface area contributed by atoms with Crippen LogP contribution in [0, 0.1) is 6.92 Å². The summed E-state index contributed by atoms with van der Waals surface area (Å²) in [5.74, 6) is 0.188. The highest BCUT2D eigenvalue weighted by Crippen LogP contribution is 2.30. The van der Waals surface area contributed by atoms with Gasteiger partial charge in [-0.2, -0.15) is 23.4 Å². The predicted octanol–water partition coefficient (Wildman–Crippen LogP) is 2.05. The van der Waals surface area contributed by atoms with Crippen LogP contribution in [0.4, 0.5) is 13.2 Å². The van der Waals surface area contributed by atoms with Crippen molar-refractivity contribution in [3.8, 4) is 5.75 Å². The molecule has 1 saturated carbocycles. The summed E-state index contributed by atoms with van der Waals surface area (Å²) in [5, 5.41) is 12.7. The molecular weight excluding hydrogens is 339 g/mol. The molecule has 136 valence electrons. The molecule has 0 saturated heterocycles. The summed E-state index contributed by atoms with van der Waals surface area (Å²) in [6.45, 7) is 1.04. The molecule has 1 fully saturated rings. The number of halogens is 3. The standard InChI is InChI=1S/C15H18F3N5O2/c1-9-7-23(22-14(9)15(16,17)18)8-13(24)21-11-3-2-4-12(11)25-10-5-19-20-6-10/h5-7,11-12H,2-4,8H2,1H3,(H,19,20)(H,21,24)/t11-,12+/m0/s1. The lowest BCUT2D eigenvalue weighted by Crippen LogP contribution is -2.43. The molecule has 0 radical (unpaired) electrons. The Balaban J connectivity index is 1.58. The second kappa shape index (κ2) is 6.77. The summed E-state index contributed by atoms with van der Waals surface area (Å²) < 4.78 is 45.0. The number of alkyl halides is 3. The van der Waals surface area contributed by atoms with E-state index in [0.717, 1.165) is 23.9 Å². The molecule has 2 aromatic rings. The van der Waals surface area contributed by atoms with Gasteiger partial charge in [0.2, 0.25) is 5.91 Å². The molecular formula is C15H18F3N5O2. The molecule has 7 nitrogen and oxygen atoms in total. The van der Waals surface area contributed by atoms with Crippen LogP contribution in [-0.4, -0.2) is 38.0 Å². The van der Waals surface area contributed by atoms with Gasteiger partial charge in [-0.3, -0.25) is 14.6 Å². The van der Waals surface area contributed by atoms with Gasteiger partial charge in [-0.15, -0.1) is 0 Å². The topological polar surface area (TPSA) is 84.8 Å². The van der Waals surface area contributed by atoms with Gasteiger partial charge in [0.05, 0.1) is 18.4 Å². The molecule has 1 amide bonds. The van der Waals surface area contributed by atoms with Crippen molar-refractivity contribution in [3.05, 3.63) is 29.8 Å². The van der Waals surface area contributed by atoms with Crippen molar-refractivity contribution in [2.45, 2.75) is 51.1 Å². The number of nitrogens with one attached hydrogen (secondary N) is 2. The zero-order valence-electron chi connectivity index (χ0n) is 13.5. The highest BCUT2D eigenvalue weighted by molar-refractivity contribution is 5.76. The molecule has 0 spiro atoms. The Morgan fingerprint density at radius 2 is 2.28 bits per heavy atom. The lowest BCUT2D eigenvalue weighted by Gasteiger charge is -2.21. The summed E-state index contributed by atoms with van der Waals surface area (Å²) in [7, 11) is 0. The monoisotopic (exact) mass is 357 g/mol. The fraction of sp³-hybridized carbons (Fsp3) is 0.533. The maximum absolute atomic E-state index is 12.8. The fourth-order valence-electron chi connectivity index (χ4n) is 2.99. The summed E-state index contributed by atoms with van der Waals surface area (Å²) >= 11 is 0. The number of carbonyl (C=O) groups is 1. The Bertz CT molecular complexity index is 726. The van der Waals surface area contributed by atoms with Gasteiger partial charge >= 0.3 is 6.18 Å². The SMILES string of the molecule is Cc1cn(CC(=O)N[C@H]2CCC[C@H]2Oc2cn[nH]c2)nc1C(F)(F)F. The van der Waals surface area contributed by atoms with Gasteiger partial charge in [0.15, 0.2) is 11.4 Å². The van der Waals surface area contributed by atoms with Crippen LogP contribution in [0.2, 0.25) is 0 Å². The molecule has 1 aliphatic carbocycles. The van der Waals surface area contributed by atoms with Crippen LogP contribution >= 0.6 is 0 Å². The molecule has 0 unspecified atom stereocenters. The van der Waals surface area contributed by atoms with E-state index in [1.54, 1.807) is 12.4 Å². The Labute approximate surface area is 141 Å². The smallest absolute Gasteiger partial charge is 0.435 e. The molecule has 1 aliphatic rings. The van der Waals surface area contributed by atoms with Crippen LogP contribution in [0.5, 0.6) is 5.75 Å². The van der Waals surface area contributed by atoms with E-state index in [1.165, 1.54) is 13.1 Å². The third kappa shape index (κ3) is 4.12. The number of carbonyl (C=O) groups excluding carboxylic acids is 1. The third-order valence-corrected chi connectivity index (χ3v) is 4.08. The van der Waals surface area contributed by atoms with Gasteiger partial charge in [0.1, 0.15) is 12.6 Å². The zero-order valence-corrected chi connectivity index (χ0v) is 13.5. The summed E-state index contributed by atoms with van der Waals surface area (Å²) in [5.41, 5.74) is -0.982. The number of amides is 1. The van der Waals surface area contributed by atoms with Gasteiger partial charge in [0.25, 0.3) is 0 Å². The van der Waals surface area contributed by atoms with Crippen LogP contribution in [-0.2, 0) is 17.5 Å². The lowest BCUT2D eigenvalue weighted by molar-refractivity contribution is -0.142. The van der Waals surface area contributed by atoms with Crippen LogP contribution < -0.4 is 10.1 Å². The van der Waals surface area contributed by atoms with Gasteiger partial charge in [-0.05, 0) is 31.7 Å². The average molecular weight is 357 g/mol. The molecule has 0 aromatic carbocycles. The van der Waals surface area contributed by atoms with Crippen LogP contribution in [0.15, 0.2) is 18.6 Å². The van der Waals surface area contributed by atoms with Gasteiger partial charge in [0, 0.05) is 6.20 Å². The van der Waals surface area contributed by atoms with E-state index in [9.17, 15) is 18.0 Å². The second-order valence-electron chi connectivity index (χ2n) is 6.05. The molecule has 2 aromatic heterocycles. The molecule has 0 bridgehead atoms. The van der Waals surface area contributed by atoms with E-state index in [2.05, 4.69) is 20.6 Å². The number of H-pyrrole nitrogens is 1. The van der Waals surface area contributed by atoms with E-state index in [0.29, 0.717) is 5.75 Å². The number of aryl methyl sites for hydroxylation is 1. The normalized spacial score (nSPS) is 20.6. The van der Waals surface area contributed by atoms with Crippen molar-refractivity contribution >= 4 is 5.91 Å². The van der Waals surface area contributed by atoms with Gasteiger partial charge in [-0.25, -0.2) is 0 Å². The molecule has 10 heteroatoms. The first kappa shape index (κ1) is 17.3. The van der Waals surface area contributed by atoms with Gasteiger partial charge < -0.3 is 10.1 Å². The Kier molecular flexibility index (Phi) is 4.69. The van der Waals surface area contributed by atoms with Crippen molar-refractivity contribution in [1.29, 1.82) is 0 Å². The minimum Gasteiger partial charge on any atom is -0.485 e. The highest BCUT2D eigenvalue weighted by atomic mass is 19.4. The molecule has 0 aliphatic heterocycles. The van der Waals surface area contributed by atoms with Crippen LogP contribution in [0.3, 0.4) is 0 Å². The second-order valence-corrected chi connectivity index (χ2v) is 6.05. The number of hydrogen-bond acceptors (Lipinski definition) is 4. The van der Waals surface area contributed by atoms with Crippen molar-refractivity contribution in [1.82, 2.24) is 25.3 Å². The number of aromatic amines is 1. The summed E-state index contributed by atoms with van der Waals surface area (Å²) in [6.07, 6.45) is 2.09. The first-order chi connectivity index (χ1) is 11.8. The van der Waals surface area contributed by atoms with Crippen molar-refractivity contribution in [2.75, 3.05) is 0 Å². The third-order valence-electron chi connectivity index (χ3n) is 4.08. The fourth-order valence-corrected chi connectivity index (χ4v) is 2.99. The van der Waals surface area contributed by atoms with Crippen LogP contribution in [0.25, 0.3) is 0 Å².